The van der Waals surface area contributed by atoms with E-state index >= 15 is 0 Å². The summed E-state index contributed by atoms with van der Waals surface area (Å²) in [6.07, 6.45) is 2.38. The van der Waals surface area contributed by atoms with Gasteiger partial charge in [0.15, 0.2) is 0 Å². The molecule has 0 heterocycles. The molecule has 1 fully saturated rings. The maximum atomic E-state index is 11.4. The van der Waals surface area contributed by atoms with Crippen molar-refractivity contribution in [3.05, 3.63) is 0 Å². The molecule has 0 aliphatic heterocycles. The molecule has 3 atom stereocenters. The van der Waals surface area contributed by atoms with Crippen molar-refractivity contribution in [1.82, 2.24) is 0 Å². The van der Waals surface area contributed by atoms with Gasteiger partial charge in [-0.2, -0.15) is 0 Å². The zero-order valence-electron chi connectivity index (χ0n) is 8.73. The van der Waals surface area contributed by atoms with Crippen LogP contribution in [0.1, 0.15) is 19.8 Å². The van der Waals surface area contributed by atoms with Crippen LogP contribution in [-0.2, 0) is 9.84 Å². The van der Waals surface area contributed by atoms with Gasteiger partial charge in [-0.05, 0) is 18.8 Å². The van der Waals surface area contributed by atoms with E-state index in [0.717, 1.165) is 0 Å². The Bertz CT molecular complexity index is 295. The summed E-state index contributed by atoms with van der Waals surface area (Å²) in [5.74, 6) is 0.178. The first-order valence-corrected chi connectivity index (χ1v) is 6.81. The second-order valence-corrected chi connectivity index (χ2v) is 6.84. The van der Waals surface area contributed by atoms with Crippen molar-refractivity contribution in [3.8, 4) is 0 Å². The van der Waals surface area contributed by atoms with Crippen LogP contribution < -0.4 is 5.73 Å². The normalized spacial score (nSPS) is 38.9. The van der Waals surface area contributed by atoms with E-state index in [1.165, 1.54) is 6.26 Å². The zero-order valence-corrected chi connectivity index (χ0v) is 9.55. The van der Waals surface area contributed by atoms with Crippen molar-refractivity contribution in [2.45, 2.75) is 25.0 Å². The van der Waals surface area contributed by atoms with Crippen LogP contribution in [0.4, 0.5) is 0 Å². The van der Waals surface area contributed by atoms with Crippen LogP contribution in [-0.4, -0.2) is 38.2 Å². The van der Waals surface area contributed by atoms with Gasteiger partial charge >= 0.3 is 0 Å². The van der Waals surface area contributed by atoms with Gasteiger partial charge in [-0.3, -0.25) is 0 Å². The number of hydrogen-bond acceptors (Lipinski definition) is 4. The molecule has 0 radical (unpaired) electrons. The zero-order chi connectivity index (χ0) is 11.0. The fourth-order valence-corrected chi connectivity index (χ4v) is 3.55. The SMILES string of the molecule is C[C@@H]1C[C@H](S(C)(=O)=O)C[C@]1(CN)CO. The molecule has 4 nitrogen and oxygen atoms in total. The molecular formula is C9H19NO3S. The first-order valence-electron chi connectivity index (χ1n) is 4.85. The summed E-state index contributed by atoms with van der Waals surface area (Å²) >= 11 is 0. The Hall–Kier alpha value is -0.130. The second kappa shape index (κ2) is 3.79. The maximum Gasteiger partial charge on any atom is 0.150 e. The van der Waals surface area contributed by atoms with Gasteiger partial charge in [-0.15, -0.1) is 0 Å². The maximum absolute atomic E-state index is 11.4. The molecule has 0 aromatic rings. The standard InChI is InChI=1S/C9H19NO3S/c1-7-3-8(14(2,12)13)4-9(7,5-10)6-11/h7-8,11H,3-6,10H2,1-2H3/t7-,8+,9+/m1/s1. The van der Waals surface area contributed by atoms with Gasteiger partial charge in [0.1, 0.15) is 9.84 Å². The van der Waals surface area contributed by atoms with Crippen molar-refractivity contribution < 1.29 is 13.5 Å². The fraction of sp³-hybridized carbons (Fsp3) is 1.00. The lowest BCUT2D eigenvalue weighted by Gasteiger charge is -2.29. The van der Waals surface area contributed by atoms with Crippen molar-refractivity contribution in [3.63, 3.8) is 0 Å². The van der Waals surface area contributed by atoms with Crippen molar-refractivity contribution in [1.29, 1.82) is 0 Å². The molecule has 0 spiro atoms. The lowest BCUT2D eigenvalue weighted by atomic mass is 9.80. The summed E-state index contributed by atoms with van der Waals surface area (Å²) < 4.78 is 22.8. The van der Waals surface area contributed by atoms with Crippen LogP contribution in [0.3, 0.4) is 0 Å². The fourth-order valence-electron chi connectivity index (χ4n) is 2.28. The Morgan fingerprint density at radius 1 is 1.57 bits per heavy atom. The van der Waals surface area contributed by atoms with Crippen molar-refractivity contribution >= 4 is 9.84 Å². The average Bonchev–Trinajstić information content (AvgIpc) is 2.43. The van der Waals surface area contributed by atoms with Crippen LogP contribution >= 0.6 is 0 Å². The van der Waals surface area contributed by atoms with Gasteiger partial charge in [0.2, 0.25) is 0 Å². The molecule has 0 aromatic carbocycles. The molecule has 3 N–H and O–H groups in total. The molecule has 0 saturated heterocycles. The van der Waals surface area contributed by atoms with Gasteiger partial charge in [0, 0.05) is 18.2 Å². The third-order valence-corrected chi connectivity index (χ3v) is 5.19. The molecule has 0 amide bonds. The van der Waals surface area contributed by atoms with Crippen LogP contribution in [0.2, 0.25) is 0 Å². The minimum Gasteiger partial charge on any atom is -0.396 e. The van der Waals surface area contributed by atoms with Crippen LogP contribution in [0.25, 0.3) is 0 Å². The summed E-state index contributed by atoms with van der Waals surface area (Å²) in [4.78, 5) is 0. The predicted octanol–water partition coefficient (Wildman–Crippen LogP) is -0.233. The number of sulfone groups is 1. The monoisotopic (exact) mass is 221 g/mol. The Balaban J connectivity index is 2.88. The highest BCUT2D eigenvalue weighted by atomic mass is 32.2. The molecule has 5 heteroatoms. The summed E-state index contributed by atoms with van der Waals surface area (Å²) in [7, 11) is -2.99. The molecule has 1 aliphatic carbocycles. The number of nitrogens with two attached hydrogens (primary N) is 1. The molecular weight excluding hydrogens is 202 g/mol. The molecule has 1 aliphatic rings. The van der Waals surface area contributed by atoms with Gasteiger partial charge in [-0.1, -0.05) is 6.92 Å². The van der Waals surface area contributed by atoms with E-state index in [9.17, 15) is 13.5 Å². The topological polar surface area (TPSA) is 80.4 Å². The number of rotatable bonds is 3. The highest BCUT2D eigenvalue weighted by Gasteiger charge is 2.46. The van der Waals surface area contributed by atoms with Crippen LogP contribution in [0.15, 0.2) is 0 Å². The minimum absolute atomic E-state index is 0.0172. The van der Waals surface area contributed by atoms with E-state index in [2.05, 4.69) is 0 Å². The molecule has 0 unspecified atom stereocenters. The second-order valence-electron chi connectivity index (χ2n) is 4.52. The lowest BCUT2D eigenvalue weighted by molar-refractivity contribution is 0.0996. The molecule has 1 saturated carbocycles. The van der Waals surface area contributed by atoms with Gasteiger partial charge in [0.25, 0.3) is 0 Å². The first kappa shape index (κ1) is 11.9. The van der Waals surface area contributed by atoms with Crippen molar-refractivity contribution in [2.24, 2.45) is 17.1 Å². The third kappa shape index (κ3) is 1.94. The Morgan fingerprint density at radius 3 is 2.36 bits per heavy atom. The molecule has 1 rings (SSSR count). The van der Waals surface area contributed by atoms with Gasteiger partial charge in [0.05, 0.1) is 11.9 Å². The van der Waals surface area contributed by atoms with E-state index in [1.54, 1.807) is 0 Å². The van der Waals surface area contributed by atoms with E-state index < -0.39 is 9.84 Å². The molecule has 14 heavy (non-hydrogen) atoms. The average molecular weight is 221 g/mol. The molecule has 0 aromatic heterocycles. The van der Waals surface area contributed by atoms with Crippen LogP contribution in [0.5, 0.6) is 0 Å². The third-order valence-electron chi connectivity index (χ3n) is 3.62. The minimum atomic E-state index is -2.99. The Kier molecular flexibility index (Phi) is 3.23. The Labute approximate surface area is 85.4 Å². The highest BCUT2D eigenvalue weighted by molar-refractivity contribution is 7.91. The molecule has 84 valence electrons. The predicted molar refractivity (Wildman–Crippen MR) is 55.6 cm³/mol. The summed E-state index contributed by atoms with van der Waals surface area (Å²) in [6, 6.07) is 0. The van der Waals surface area contributed by atoms with E-state index in [-0.39, 0.29) is 23.2 Å². The Morgan fingerprint density at radius 2 is 2.14 bits per heavy atom. The first-order chi connectivity index (χ1) is 6.35. The number of aliphatic hydroxyl groups is 1. The number of aliphatic hydroxyl groups excluding tert-OH is 1. The van der Waals surface area contributed by atoms with E-state index in [1.807, 2.05) is 6.92 Å². The molecule has 0 bridgehead atoms. The quantitative estimate of drug-likeness (QED) is 0.689. The summed E-state index contributed by atoms with van der Waals surface area (Å²) in [5.41, 5.74) is 5.24. The largest absolute Gasteiger partial charge is 0.396 e. The van der Waals surface area contributed by atoms with E-state index in [4.69, 9.17) is 5.73 Å². The highest BCUT2D eigenvalue weighted by Crippen LogP contribution is 2.44. The van der Waals surface area contributed by atoms with Crippen molar-refractivity contribution in [2.75, 3.05) is 19.4 Å². The van der Waals surface area contributed by atoms with E-state index in [0.29, 0.717) is 19.4 Å². The van der Waals surface area contributed by atoms with Gasteiger partial charge in [-0.25, -0.2) is 8.42 Å². The summed E-state index contributed by atoms with van der Waals surface area (Å²) in [5, 5.41) is 8.97. The smallest absolute Gasteiger partial charge is 0.150 e. The van der Waals surface area contributed by atoms with Crippen LogP contribution in [0, 0.1) is 11.3 Å². The number of hydrogen-bond donors (Lipinski definition) is 2. The lowest BCUT2D eigenvalue weighted by Crippen LogP contribution is -2.37. The van der Waals surface area contributed by atoms with Gasteiger partial charge < -0.3 is 10.8 Å². The summed E-state index contributed by atoms with van der Waals surface area (Å²) in [6.45, 7) is 2.31.